The van der Waals surface area contributed by atoms with Gasteiger partial charge in [0.1, 0.15) is 5.75 Å². The lowest BCUT2D eigenvalue weighted by atomic mass is 9.51. The van der Waals surface area contributed by atoms with Crippen molar-refractivity contribution in [2.75, 3.05) is 6.61 Å². The predicted octanol–water partition coefficient (Wildman–Crippen LogP) is 3.22. The van der Waals surface area contributed by atoms with Gasteiger partial charge in [-0.1, -0.05) is 13.0 Å². The molecular formula is C20H28O3. The summed E-state index contributed by atoms with van der Waals surface area (Å²) in [5.74, 6) is 2.48. The van der Waals surface area contributed by atoms with Crippen molar-refractivity contribution in [1.29, 1.82) is 0 Å². The lowest BCUT2D eigenvalue weighted by Gasteiger charge is -2.54. The van der Waals surface area contributed by atoms with E-state index in [0.717, 1.165) is 38.5 Å². The maximum atomic E-state index is 10.6. The highest BCUT2D eigenvalue weighted by atomic mass is 16.3. The third-order valence-corrected chi connectivity index (χ3v) is 7.28. The molecule has 0 aliphatic heterocycles. The van der Waals surface area contributed by atoms with Crippen LogP contribution in [-0.2, 0) is 6.42 Å². The van der Waals surface area contributed by atoms with Gasteiger partial charge in [0.2, 0.25) is 0 Å². The maximum Gasteiger partial charge on any atom is 0.115 e. The van der Waals surface area contributed by atoms with Gasteiger partial charge in [-0.25, -0.2) is 0 Å². The number of rotatable bonds is 2. The molecule has 0 saturated heterocycles. The highest BCUT2D eigenvalue weighted by Crippen LogP contribution is 2.63. The van der Waals surface area contributed by atoms with Crippen molar-refractivity contribution in [1.82, 2.24) is 0 Å². The van der Waals surface area contributed by atoms with Crippen LogP contribution in [0.5, 0.6) is 5.75 Å². The zero-order valence-corrected chi connectivity index (χ0v) is 13.9. The second-order valence-electron chi connectivity index (χ2n) is 8.29. The summed E-state index contributed by atoms with van der Waals surface area (Å²) in [4.78, 5) is 0. The van der Waals surface area contributed by atoms with Crippen LogP contribution < -0.4 is 0 Å². The van der Waals surface area contributed by atoms with E-state index in [1.807, 2.05) is 12.1 Å². The largest absolute Gasteiger partial charge is 0.508 e. The number of hydrogen-bond donors (Lipinski definition) is 3. The molecule has 0 bridgehead atoms. The van der Waals surface area contributed by atoms with Crippen LogP contribution in [-0.4, -0.2) is 28.0 Å². The summed E-state index contributed by atoms with van der Waals surface area (Å²) in [6.07, 6.45) is 5.89. The van der Waals surface area contributed by atoms with Crippen molar-refractivity contribution < 1.29 is 15.3 Å². The number of aliphatic hydroxyl groups excluding tert-OH is 2. The van der Waals surface area contributed by atoms with Gasteiger partial charge >= 0.3 is 0 Å². The normalized spacial score (nSPS) is 42.0. The summed E-state index contributed by atoms with van der Waals surface area (Å²) in [7, 11) is 0. The summed E-state index contributed by atoms with van der Waals surface area (Å²) in [6, 6.07) is 5.85. The van der Waals surface area contributed by atoms with Gasteiger partial charge < -0.3 is 15.3 Å². The number of aliphatic hydroxyl groups is 2. The Bertz CT molecular complexity index is 599. The van der Waals surface area contributed by atoms with Gasteiger partial charge in [0, 0.05) is 6.61 Å². The molecule has 2 fully saturated rings. The molecule has 0 aromatic heterocycles. The second kappa shape index (κ2) is 5.49. The molecule has 0 amide bonds. The zero-order valence-electron chi connectivity index (χ0n) is 13.9. The van der Waals surface area contributed by atoms with E-state index in [1.165, 1.54) is 11.1 Å². The smallest absolute Gasteiger partial charge is 0.115 e. The van der Waals surface area contributed by atoms with E-state index in [1.54, 1.807) is 0 Å². The van der Waals surface area contributed by atoms with Crippen LogP contribution in [0.2, 0.25) is 0 Å². The molecule has 0 heterocycles. The Labute approximate surface area is 138 Å². The SMILES string of the molecule is C[C@]12C[C@H](CCO)[C@@H]3c4ccc(O)cc4CC[C@H]3[C@@H]1CC[C@@H]2O. The number of aryl methyl sites for hydroxylation is 1. The summed E-state index contributed by atoms with van der Waals surface area (Å²) < 4.78 is 0. The van der Waals surface area contributed by atoms with E-state index in [-0.39, 0.29) is 18.1 Å². The number of phenols is 1. The lowest BCUT2D eigenvalue weighted by Crippen LogP contribution is -2.48. The fourth-order valence-electron chi connectivity index (χ4n) is 6.30. The zero-order chi connectivity index (χ0) is 16.2. The average Bonchev–Trinajstić information content (AvgIpc) is 2.82. The summed E-state index contributed by atoms with van der Waals surface area (Å²) in [6.45, 7) is 2.50. The van der Waals surface area contributed by atoms with Crippen LogP contribution >= 0.6 is 0 Å². The molecule has 23 heavy (non-hydrogen) atoms. The van der Waals surface area contributed by atoms with Crippen LogP contribution in [0.25, 0.3) is 0 Å². The number of phenolic OH excluding ortho intramolecular Hbond substituents is 1. The molecule has 3 aliphatic carbocycles. The number of benzene rings is 1. The number of hydrogen-bond acceptors (Lipinski definition) is 3. The summed E-state index contributed by atoms with van der Waals surface area (Å²) in [5, 5.41) is 30.0. The Hall–Kier alpha value is -1.06. The van der Waals surface area contributed by atoms with Gasteiger partial charge in [-0.3, -0.25) is 0 Å². The number of fused-ring (bicyclic) bond motifs is 5. The van der Waals surface area contributed by atoms with Gasteiger partial charge in [-0.15, -0.1) is 0 Å². The Balaban J connectivity index is 1.77. The average molecular weight is 316 g/mol. The molecule has 2 saturated carbocycles. The molecule has 126 valence electrons. The van der Waals surface area contributed by atoms with Gasteiger partial charge in [-0.05, 0) is 90.9 Å². The molecule has 0 spiro atoms. The summed E-state index contributed by atoms with van der Waals surface area (Å²) >= 11 is 0. The van der Waals surface area contributed by atoms with Crippen molar-refractivity contribution in [3.63, 3.8) is 0 Å². The highest BCUT2D eigenvalue weighted by molar-refractivity contribution is 5.40. The fourth-order valence-corrected chi connectivity index (χ4v) is 6.30. The molecule has 3 heteroatoms. The second-order valence-corrected chi connectivity index (χ2v) is 8.29. The molecular weight excluding hydrogens is 288 g/mol. The van der Waals surface area contributed by atoms with Crippen molar-refractivity contribution in [2.24, 2.45) is 23.2 Å². The fraction of sp³-hybridized carbons (Fsp3) is 0.700. The Morgan fingerprint density at radius 3 is 2.83 bits per heavy atom. The predicted molar refractivity (Wildman–Crippen MR) is 89.3 cm³/mol. The molecule has 0 radical (unpaired) electrons. The Kier molecular flexibility index (Phi) is 3.69. The Morgan fingerprint density at radius 2 is 2.04 bits per heavy atom. The third-order valence-electron chi connectivity index (χ3n) is 7.28. The minimum absolute atomic E-state index is 0.0232. The highest BCUT2D eigenvalue weighted by Gasteiger charge is 2.57. The van der Waals surface area contributed by atoms with Crippen LogP contribution in [0.4, 0.5) is 0 Å². The number of aromatic hydroxyl groups is 1. The molecule has 4 rings (SSSR count). The monoisotopic (exact) mass is 316 g/mol. The molecule has 3 N–H and O–H groups in total. The standard InChI is InChI=1S/C20H28O3/c1-20-11-13(8-9-21)19-15-5-3-14(22)10-12(15)2-4-16(19)17(20)6-7-18(20)23/h3,5,10,13,16-19,21-23H,2,4,6-9,11H2,1H3/t13-,16-,17-,18-,19+,20-/m0/s1. The first-order valence-electron chi connectivity index (χ1n) is 9.15. The third kappa shape index (κ3) is 2.24. The topological polar surface area (TPSA) is 60.7 Å². The van der Waals surface area contributed by atoms with Crippen molar-refractivity contribution >= 4 is 0 Å². The summed E-state index contributed by atoms with van der Waals surface area (Å²) in [5.41, 5.74) is 2.70. The first-order chi connectivity index (χ1) is 11.0. The first-order valence-corrected chi connectivity index (χ1v) is 9.15. The molecule has 1 aromatic rings. The van der Waals surface area contributed by atoms with Crippen LogP contribution in [0.3, 0.4) is 0 Å². The van der Waals surface area contributed by atoms with Crippen LogP contribution in [0.1, 0.15) is 56.1 Å². The Morgan fingerprint density at radius 1 is 1.22 bits per heavy atom. The van der Waals surface area contributed by atoms with E-state index in [4.69, 9.17) is 0 Å². The maximum absolute atomic E-state index is 10.6. The van der Waals surface area contributed by atoms with Crippen molar-refractivity contribution in [2.45, 2.75) is 57.5 Å². The minimum Gasteiger partial charge on any atom is -0.508 e. The molecule has 6 atom stereocenters. The van der Waals surface area contributed by atoms with Crippen LogP contribution in [0.15, 0.2) is 18.2 Å². The molecule has 3 aliphatic rings. The van der Waals surface area contributed by atoms with Crippen molar-refractivity contribution in [3.8, 4) is 5.75 Å². The van der Waals surface area contributed by atoms with E-state index in [0.29, 0.717) is 29.4 Å². The quantitative estimate of drug-likeness (QED) is 0.785. The van der Waals surface area contributed by atoms with Gasteiger partial charge in [0.15, 0.2) is 0 Å². The van der Waals surface area contributed by atoms with Crippen molar-refractivity contribution in [3.05, 3.63) is 29.3 Å². The van der Waals surface area contributed by atoms with E-state index in [2.05, 4.69) is 13.0 Å². The van der Waals surface area contributed by atoms with E-state index in [9.17, 15) is 15.3 Å². The van der Waals surface area contributed by atoms with Gasteiger partial charge in [-0.2, -0.15) is 0 Å². The van der Waals surface area contributed by atoms with E-state index < -0.39 is 0 Å². The van der Waals surface area contributed by atoms with Gasteiger partial charge in [0.05, 0.1) is 6.10 Å². The lowest BCUT2D eigenvalue weighted by molar-refractivity contribution is -0.0522. The van der Waals surface area contributed by atoms with Gasteiger partial charge in [0.25, 0.3) is 0 Å². The first kappa shape index (κ1) is 15.5. The molecule has 0 unspecified atom stereocenters. The van der Waals surface area contributed by atoms with Crippen LogP contribution in [0, 0.1) is 23.2 Å². The minimum atomic E-state index is -0.184. The van der Waals surface area contributed by atoms with E-state index >= 15 is 0 Å². The molecule has 1 aromatic carbocycles. The molecule has 3 nitrogen and oxygen atoms in total.